The van der Waals surface area contributed by atoms with Crippen molar-refractivity contribution in [2.75, 3.05) is 10.6 Å². The third-order valence-electron chi connectivity index (χ3n) is 3.11. The standard InChI is InChI=1S/C17H16Cl2N4OS/c1-10(12-4-3-5-14(8-12)20-11(2)24)22-23-17(25)21-16-7-6-13(18)9-15(16)19/h3-9H,1-2H3,(H,20,24)(H2,21,23,25)/b22-10-. The first-order chi connectivity index (χ1) is 11.8. The van der Waals surface area contributed by atoms with E-state index in [1.807, 2.05) is 25.1 Å². The summed E-state index contributed by atoms with van der Waals surface area (Å²) < 4.78 is 0. The van der Waals surface area contributed by atoms with E-state index in [1.54, 1.807) is 24.3 Å². The minimum absolute atomic E-state index is 0.130. The van der Waals surface area contributed by atoms with Crippen molar-refractivity contribution in [2.24, 2.45) is 5.10 Å². The van der Waals surface area contributed by atoms with Crippen LogP contribution >= 0.6 is 35.4 Å². The van der Waals surface area contributed by atoms with Crippen molar-refractivity contribution in [3.63, 3.8) is 0 Å². The largest absolute Gasteiger partial charge is 0.330 e. The lowest BCUT2D eigenvalue weighted by Crippen LogP contribution is -2.25. The van der Waals surface area contributed by atoms with Crippen LogP contribution in [0.25, 0.3) is 0 Å². The number of hydrogen-bond donors (Lipinski definition) is 3. The molecular weight excluding hydrogens is 379 g/mol. The minimum atomic E-state index is -0.130. The summed E-state index contributed by atoms with van der Waals surface area (Å²) in [6.45, 7) is 3.29. The maximum Gasteiger partial charge on any atom is 0.221 e. The topological polar surface area (TPSA) is 65.5 Å². The van der Waals surface area contributed by atoms with Crippen LogP contribution in [0.2, 0.25) is 10.0 Å². The second kappa shape index (κ2) is 8.80. The third kappa shape index (κ3) is 6.01. The molecule has 0 spiro atoms. The summed E-state index contributed by atoms with van der Waals surface area (Å²) in [5.74, 6) is -0.130. The van der Waals surface area contributed by atoms with E-state index in [2.05, 4.69) is 21.2 Å². The highest BCUT2D eigenvalue weighted by Gasteiger charge is 2.04. The molecule has 8 heteroatoms. The molecule has 1 amide bonds. The molecule has 0 unspecified atom stereocenters. The highest BCUT2D eigenvalue weighted by molar-refractivity contribution is 7.80. The normalized spacial score (nSPS) is 11.0. The Kier molecular flexibility index (Phi) is 6.75. The molecular formula is C17H16Cl2N4OS. The zero-order valence-corrected chi connectivity index (χ0v) is 15.9. The number of nitrogens with one attached hydrogen (secondary N) is 3. The molecule has 0 fully saturated rings. The lowest BCUT2D eigenvalue weighted by molar-refractivity contribution is -0.114. The molecule has 0 radical (unpaired) electrons. The fraction of sp³-hybridized carbons (Fsp3) is 0.118. The van der Waals surface area contributed by atoms with Gasteiger partial charge in [-0.15, -0.1) is 0 Å². The molecule has 0 aliphatic carbocycles. The Hall–Kier alpha value is -2.15. The minimum Gasteiger partial charge on any atom is -0.330 e. The number of anilines is 2. The molecule has 0 heterocycles. The molecule has 130 valence electrons. The van der Waals surface area contributed by atoms with Gasteiger partial charge in [-0.05, 0) is 55.0 Å². The molecule has 0 saturated heterocycles. The monoisotopic (exact) mass is 394 g/mol. The molecule has 0 bridgehead atoms. The Balaban J connectivity index is 2.02. The average molecular weight is 395 g/mol. The SMILES string of the molecule is CC(=O)Nc1cccc(/C(C)=N\NC(=S)Nc2ccc(Cl)cc2Cl)c1. The van der Waals surface area contributed by atoms with E-state index in [4.69, 9.17) is 35.4 Å². The molecule has 0 atom stereocenters. The van der Waals surface area contributed by atoms with Gasteiger partial charge in [-0.25, -0.2) is 0 Å². The van der Waals surface area contributed by atoms with Gasteiger partial charge in [0.15, 0.2) is 5.11 Å². The van der Waals surface area contributed by atoms with Crippen LogP contribution < -0.4 is 16.1 Å². The maximum absolute atomic E-state index is 11.1. The summed E-state index contributed by atoms with van der Waals surface area (Å²) in [7, 11) is 0. The van der Waals surface area contributed by atoms with Crippen LogP contribution in [0.5, 0.6) is 0 Å². The summed E-state index contributed by atoms with van der Waals surface area (Å²) in [4.78, 5) is 11.1. The van der Waals surface area contributed by atoms with Crippen LogP contribution in [0.4, 0.5) is 11.4 Å². The van der Waals surface area contributed by atoms with Gasteiger partial charge in [-0.1, -0.05) is 35.3 Å². The number of hydrogen-bond acceptors (Lipinski definition) is 3. The van der Waals surface area contributed by atoms with Crippen molar-refractivity contribution in [3.8, 4) is 0 Å². The summed E-state index contributed by atoms with van der Waals surface area (Å²) in [6.07, 6.45) is 0. The Bertz CT molecular complexity index is 839. The van der Waals surface area contributed by atoms with E-state index in [0.717, 1.165) is 5.56 Å². The van der Waals surface area contributed by atoms with Crippen LogP contribution in [-0.4, -0.2) is 16.7 Å². The highest BCUT2D eigenvalue weighted by Crippen LogP contribution is 2.25. The molecule has 0 aliphatic rings. The summed E-state index contributed by atoms with van der Waals surface area (Å²) >= 11 is 17.1. The summed E-state index contributed by atoms with van der Waals surface area (Å²) in [6, 6.07) is 12.4. The molecule has 0 saturated carbocycles. The Morgan fingerprint density at radius 2 is 1.84 bits per heavy atom. The van der Waals surface area contributed by atoms with Crippen LogP contribution in [0.15, 0.2) is 47.6 Å². The van der Waals surface area contributed by atoms with Gasteiger partial charge in [0, 0.05) is 17.6 Å². The van der Waals surface area contributed by atoms with Crippen molar-refractivity contribution < 1.29 is 4.79 Å². The van der Waals surface area contributed by atoms with Gasteiger partial charge in [0.25, 0.3) is 0 Å². The Labute approximate surface area is 161 Å². The van der Waals surface area contributed by atoms with Crippen molar-refractivity contribution in [3.05, 3.63) is 58.1 Å². The highest BCUT2D eigenvalue weighted by atomic mass is 35.5. The van der Waals surface area contributed by atoms with Gasteiger partial charge < -0.3 is 10.6 Å². The van der Waals surface area contributed by atoms with Crippen molar-refractivity contribution in [1.82, 2.24) is 5.43 Å². The fourth-order valence-electron chi connectivity index (χ4n) is 1.97. The number of carbonyl (C=O) groups excluding carboxylic acids is 1. The molecule has 5 nitrogen and oxygen atoms in total. The second-order valence-electron chi connectivity index (χ2n) is 5.15. The second-order valence-corrected chi connectivity index (χ2v) is 6.40. The Morgan fingerprint density at radius 3 is 2.52 bits per heavy atom. The van der Waals surface area contributed by atoms with Gasteiger partial charge in [0.05, 0.1) is 16.4 Å². The summed E-state index contributed by atoms with van der Waals surface area (Å²) in [5.41, 5.74) is 5.65. The van der Waals surface area contributed by atoms with Crippen LogP contribution in [-0.2, 0) is 4.79 Å². The van der Waals surface area contributed by atoms with Gasteiger partial charge in [0.1, 0.15) is 0 Å². The maximum atomic E-state index is 11.1. The van der Waals surface area contributed by atoms with E-state index in [0.29, 0.717) is 32.2 Å². The predicted octanol–water partition coefficient (Wildman–Crippen LogP) is 4.66. The number of benzene rings is 2. The van der Waals surface area contributed by atoms with Gasteiger partial charge >= 0.3 is 0 Å². The van der Waals surface area contributed by atoms with Crippen LogP contribution in [0.1, 0.15) is 19.4 Å². The number of halogens is 2. The van der Waals surface area contributed by atoms with Gasteiger partial charge in [-0.2, -0.15) is 5.10 Å². The van der Waals surface area contributed by atoms with Gasteiger partial charge in [-0.3, -0.25) is 10.2 Å². The average Bonchev–Trinajstić information content (AvgIpc) is 2.55. The zero-order valence-electron chi connectivity index (χ0n) is 13.6. The lowest BCUT2D eigenvalue weighted by Gasteiger charge is -2.10. The first-order valence-corrected chi connectivity index (χ1v) is 8.46. The van der Waals surface area contributed by atoms with E-state index in [9.17, 15) is 4.79 Å². The third-order valence-corrected chi connectivity index (χ3v) is 3.85. The number of amides is 1. The quantitative estimate of drug-likeness (QED) is 0.400. The smallest absolute Gasteiger partial charge is 0.221 e. The number of rotatable bonds is 4. The molecule has 2 aromatic carbocycles. The van der Waals surface area contributed by atoms with Gasteiger partial charge in [0.2, 0.25) is 5.91 Å². The molecule has 0 aliphatic heterocycles. The van der Waals surface area contributed by atoms with E-state index >= 15 is 0 Å². The van der Waals surface area contributed by atoms with Crippen molar-refractivity contribution in [2.45, 2.75) is 13.8 Å². The molecule has 25 heavy (non-hydrogen) atoms. The van der Waals surface area contributed by atoms with Crippen molar-refractivity contribution in [1.29, 1.82) is 0 Å². The molecule has 2 aromatic rings. The van der Waals surface area contributed by atoms with E-state index < -0.39 is 0 Å². The first-order valence-electron chi connectivity index (χ1n) is 7.29. The van der Waals surface area contributed by atoms with Crippen LogP contribution in [0.3, 0.4) is 0 Å². The number of thiocarbonyl (C=S) groups is 1. The van der Waals surface area contributed by atoms with E-state index in [1.165, 1.54) is 6.92 Å². The molecule has 2 rings (SSSR count). The number of carbonyl (C=O) groups is 1. The Morgan fingerprint density at radius 1 is 1.08 bits per heavy atom. The van der Waals surface area contributed by atoms with E-state index in [-0.39, 0.29) is 5.91 Å². The van der Waals surface area contributed by atoms with Crippen LogP contribution in [0, 0.1) is 0 Å². The zero-order chi connectivity index (χ0) is 18.4. The number of hydrazone groups is 1. The molecule has 0 aromatic heterocycles. The predicted molar refractivity (Wildman–Crippen MR) is 109 cm³/mol. The number of nitrogens with zero attached hydrogens (tertiary/aromatic N) is 1. The lowest BCUT2D eigenvalue weighted by atomic mass is 10.1. The molecule has 3 N–H and O–H groups in total. The summed E-state index contributed by atoms with van der Waals surface area (Å²) in [5, 5.41) is 11.2. The van der Waals surface area contributed by atoms with Crippen molar-refractivity contribution >= 4 is 63.5 Å². The fourth-order valence-corrected chi connectivity index (χ4v) is 2.58. The first kappa shape index (κ1) is 19.2.